The lowest BCUT2D eigenvalue weighted by molar-refractivity contribution is -0.141. The number of hydrogen-bond acceptors (Lipinski definition) is 3. The van der Waals surface area contributed by atoms with Gasteiger partial charge in [0, 0.05) is 18.7 Å². The average molecular weight is 323 g/mol. The van der Waals surface area contributed by atoms with Gasteiger partial charge in [0.1, 0.15) is 10.8 Å². The summed E-state index contributed by atoms with van der Waals surface area (Å²) in [6.45, 7) is 4.43. The molecule has 2 rings (SSSR count). The predicted octanol–water partition coefficient (Wildman–Crippen LogP) is 3.45. The van der Waals surface area contributed by atoms with Crippen LogP contribution in [0.25, 0.3) is 0 Å². The molecule has 3 nitrogen and oxygen atoms in total. The lowest BCUT2D eigenvalue weighted by Crippen LogP contribution is -2.43. The molecule has 1 fully saturated rings. The standard InChI is InChI=1S/C14H18ClF3N2O/c1-2-7-20-8-5-13(21,6-9-20)10-3-4-11(14(16,17)18)19-12(10)15/h3-4,21H,2,5-9H2,1H3. The first-order valence-corrected chi connectivity index (χ1v) is 7.33. The van der Waals surface area contributed by atoms with Gasteiger partial charge >= 0.3 is 6.18 Å². The van der Waals surface area contributed by atoms with Gasteiger partial charge in [0.2, 0.25) is 0 Å². The predicted molar refractivity (Wildman–Crippen MR) is 74.1 cm³/mol. The molecule has 0 saturated carbocycles. The molecule has 0 aliphatic carbocycles. The summed E-state index contributed by atoms with van der Waals surface area (Å²) in [5.41, 5.74) is -1.95. The van der Waals surface area contributed by atoms with Crippen molar-refractivity contribution in [1.82, 2.24) is 9.88 Å². The van der Waals surface area contributed by atoms with Crippen molar-refractivity contribution in [1.29, 1.82) is 0 Å². The molecule has 7 heteroatoms. The first-order valence-electron chi connectivity index (χ1n) is 6.95. The summed E-state index contributed by atoms with van der Waals surface area (Å²) >= 11 is 5.87. The number of pyridine rings is 1. The molecule has 0 bridgehead atoms. The lowest BCUT2D eigenvalue weighted by Gasteiger charge is -2.38. The minimum absolute atomic E-state index is 0.267. The Morgan fingerprint density at radius 2 is 1.95 bits per heavy atom. The molecule has 21 heavy (non-hydrogen) atoms. The van der Waals surface area contributed by atoms with E-state index in [1.165, 1.54) is 6.07 Å². The highest BCUT2D eigenvalue weighted by molar-refractivity contribution is 6.30. The molecule has 0 atom stereocenters. The zero-order valence-corrected chi connectivity index (χ0v) is 12.5. The second-order valence-electron chi connectivity index (χ2n) is 5.41. The summed E-state index contributed by atoms with van der Waals surface area (Å²) in [5, 5.41) is 10.4. The van der Waals surface area contributed by atoms with Gasteiger partial charge in [-0.2, -0.15) is 13.2 Å². The highest BCUT2D eigenvalue weighted by atomic mass is 35.5. The Bertz CT molecular complexity index is 499. The van der Waals surface area contributed by atoms with Crippen molar-refractivity contribution in [2.45, 2.75) is 38.0 Å². The van der Waals surface area contributed by atoms with Gasteiger partial charge in [-0.25, -0.2) is 4.98 Å². The van der Waals surface area contributed by atoms with E-state index in [2.05, 4.69) is 16.8 Å². The van der Waals surface area contributed by atoms with Gasteiger partial charge in [0.15, 0.2) is 0 Å². The number of nitrogens with zero attached hydrogens (tertiary/aromatic N) is 2. The van der Waals surface area contributed by atoms with Crippen LogP contribution in [-0.4, -0.2) is 34.6 Å². The number of aromatic nitrogens is 1. The number of hydrogen-bond donors (Lipinski definition) is 1. The molecule has 0 radical (unpaired) electrons. The van der Waals surface area contributed by atoms with E-state index in [-0.39, 0.29) is 10.7 Å². The highest BCUT2D eigenvalue weighted by Crippen LogP contribution is 2.38. The second kappa shape index (κ2) is 6.10. The van der Waals surface area contributed by atoms with Crippen LogP contribution in [0.4, 0.5) is 13.2 Å². The Morgan fingerprint density at radius 3 is 2.43 bits per heavy atom. The quantitative estimate of drug-likeness (QED) is 0.866. The summed E-state index contributed by atoms with van der Waals surface area (Å²) in [6, 6.07) is 2.12. The molecule has 1 aromatic heterocycles. The molecule has 1 aliphatic heterocycles. The maximum Gasteiger partial charge on any atom is 0.433 e. The zero-order chi connectivity index (χ0) is 15.7. The largest absolute Gasteiger partial charge is 0.433 e. The van der Waals surface area contributed by atoms with Crippen molar-refractivity contribution in [3.63, 3.8) is 0 Å². The summed E-state index contributed by atoms with van der Waals surface area (Å²) in [4.78, 5) is 5.61. The average Bonchev–Trinajstić information content (AvgIpc) is 2.40. The molecule has 0 amide bonds. The molecule has 1 aliphatic rings. The van der Waals surface area contributed by atoms with E-state index in [1.54, 1.807) is 0 Å². The van der Waals surface area contributed by atoms with E-state index < -0.39 is 17.5 Å². The molecule has 0 unspecified atom stereocenters. The third kappa shape index (κ3) is 3.67. The second-order valence-corrected chi connectivity index (χ2v) is 5.76. The van der Waals surface area contributed by atoms with Gasteiger partial charge in [-0.1, -0.05) is 24.6 Å². The van der Waals surface area contributed by atoms with Crippen LogP contribution in [0.5, 0.6) is 0 Å². The van der Waals surface area contributed by atoms with Crippen molar-refractivity contribution >= 4 is 11.6 Å². The number of piperidine rings is 1. The van der Waals surface area contributed by atoms with E-state index in [4.69, 9.17) is 11.6 Å². The first-order chi connectivity index (χ1) is 9.76. The van der Waals surface area contributed by atoms with Crippen LogP contribution in [0.1, 0.15) is 37.4 Å². The van der Waals surface area contributed by atoms with E-state index >= 15 is 0 Å². The number of aliphatic hydroxyl groups is 1. The Labute approximate surface area is 126 Å². The number of halogens is 4. The van der Waals surface area contributed by atoms with Gasteiger partial charge in [-0.05, 0) is 31.9 Å². The van der Waals surface area contributed by atoms with Gasteiger partial charge < -0.3 is 10.0 Å². The SMILES string of the molecule is CCCN1CCC(O)(c2ccc(C(F)(F)F)nc2Cl)CC1. The van der Waals surface area contributed by atoms with Gasteiger partial charge in [0.05, 0.1) is 5.60 Å². The monoisotopic (exact) mass is 322 g/mol. The summed E-state index contributed by atoms with van der Waals surface area (Å²) in [7, 11) is 0. The van der Waals surface area contributed by atoms with Crippen molar-refractivity contribution < 1.29 is 18.3 Å². The van der Waals surface area contributed by atoms with Gasteiger partial charge in [0.25, 0.3) is 0 Å². The van der Waals surface area contributed by atoms with Gasteiger partial charge in [-0.15, -0.1) is 0 Å². The third-order valence-corrected chi connectivity index (χ3v) is 4.15. The topological polar surface area (TPSA) is 36.4 Å². The summed E-state index contributed by atoms with van der Waals surface area (Å²) in [6.07, 6.45) is -2.62. The highest BCUT2D eigenvalue weighted by Gasteiger charge is 2.38. The Hall–Kier alpha value is -0.850. The van der Waals surface area contributed by atoms with Crippen molar-refractivity contribution in [2.24, 2.45) is 0 Å². The molecular formula is C14H18ClF3N2O. The minimum atomic E-state index is -4.53. The van der Waals surface area contributed by atoms with E-state index in [9.17, 15) is 18.3 Å². The van der Waals surface area contributed by atoms with Crippen molar-refractivity contribution in [3.8, 4) is 0 Å². The molecule has 0 aromatic carbocycles. The summed E-state index contributed by atoms with van der Waals surface area (Å²) in [5.74, 6) is 0. The maximum atomic E-state index is 12.6. The molecule has 1 N–H and O–H groups in total. The van der Waals surface area contributed by atoms with E-state index in [1.807, 2.05) is 0 Å². The zero-order valence-electron chi connectivity index (χ0n) is 11.8. The number of rotatable bonds is 3. The Balaban J connectivity index is 2.19. The van der Waals surface area contributed by atoms with Crippen LogP contribution in [0.15, 0.2) is 12.1 Å². The van der Waals surface area contributed by atoms with Crippen molar-refractivity contribution in [3.05, 3.63) is 28.5 Å². The van der Waals surface area contributed by atoms with Crippen LogP contribution in [-0.2, 0) is 11.8 Å². The number of alkyl halides is 3. The number of likely N-dealkylation sites (tertiary alicyclic amines) is 1. The van der Waals surface area contributed by atoms with Crippen molar-refractivity contribution in [2.75, 3.05) is 19.6 Å². The normalized spacial score (nSPS) is 19.7. The molecular weight excluding hydrogens is 305 g/mol. The fourth-order valence-corrected chi connectivity index (χ4v) is 3.00. The maximum absolute atomic E-state index is 12.6. The summed E-state index contributed by atoms with van der Waals surface area (Å²) < 4.78 is 37.7. The van der Waals surface area contributed by atoms with Crippen LogP contribution in [0, 0.1) is 0 Å². The van der Waals surface area contributed by atoms with Crippen LogP contribution < -0.4 is 0 Å². The minimum Gasteiger partial charge on any atom is -0.385 e. The molecule has 2 heterocycles. The smallest absolute Gasteiger partial charge is 0.385 e. The fourth-order valence-electron chi connectivity index (χ4n) is 2.67. The molecule has 0 spiro atoms. The third-order valence-electron chi connectivity index (χ3n) is 3.86. The first kappa shape index (κ1) is 16.5. The van der Waals surface area contributed by atoms with Crippen LogP contribution >= 0.6 is 11.6 Å². The Kier molecular flexibility index (Phi) is 4.80. The van der Waals surface area contributed by atoms with E-state index in [0.717, 1.165) is 19.0 Å². The van der Waals surface area contributed by atoms with E-state index in [0.29, 0.717) is 25.9 Å². The van der Waals surface area contributed by atoms with Crippen LogP contribution in [0.3, 0.4) is 0 Å². The van der Waals surface area contributed by atoms with Gasteiger partial charge in [-0.3, -0.25) is 0 Å². The fraction of sp³-hybridized carbons (Fsp3) is 0.643. The molecule has 118 valence electrons. The Morgan fingerprint density at radius 1 is 1.33 bits per heavy atom. The lowest BCUT2D eigenvalue weighted by atomic mass is 9.85. The van der Waals surface area contributed by atoms with Crippen LogP contribution in [0.2, 0.25) is 5.15 Å². The molecule has 1 saturated heterocycles. The molecule has 1 aromatic rings.